The van der Waals surface area contributed by atoms with E-state index in [1.54, 1.807) is 24.3 Å². The molecule has 0 radical (unpaired) electrons. The van der Waals surface area contributed by atoms with Crippen LogP contribution >= 0.6 is 11.6 Å². The molecule has 1 aromatic rings. The Morgan fingerprint density at radius 2 is 2.06 bits per heavy atom. The van der Waals surface area contributed by atoms with Crippen LogP contribution in [0.4, 0.5) is 0 Å². The number of carbonyl (C=O) groups excluding carboxylic acids is 1. The highest BCUT2D eigenvalue weighted by molar-refractivity contribution is 6.31. The van der Waals surface area contributed by atoms with Gasteiger partial charge in [0.05, 0.1) is 12.5 Å². The average Bonchev–Trinajstić information content (AvgIpc) is 3.11. The van der Waals surface area contributed by atoms with Crippen LogP contribution in [-0.2, 0) is 9.59 Å². The number of hydrogen-bond donors (Lipinski definition) is 2. The number of aliphatic carboxylic acids is 1. The zero-order valence-corrected chi connectivity index (χ0v) is 10.5. The van der Waals surface area contributed by atoms with Gasteiger partial charge in [-0.2, -0.15) is 0 Å². The highest BCUT2D eigenvalue weighted by atomic mass is 35.5. The van der Waals surface area contributed by atoms with Gasteiger partial charge in [0.25, 0.3) is 0 Å². The summed E-state index contributed by atoms with van der Waals surface area (Å²) >= 11 is 6.04. The van der Waals surface area contributed by atoms with Gasteiger partial charge < -0.3 is 10.4 Å². The van der Waals surface area contributed by atoms with Crippen LogP contribution < -0.4 is 5.32 Å². The van der Waals surface area contributed by atoms with Crippen LogP contribution in [0.25, 0.3) is 0 Å². The third-order valence-corrected chi connectivity index (χ3v) is 3.27. The Hall–Kier alpha value is -1.55. The lowest BCUT2D eigenvalue weighted by atomic mass is 10.0. The molecule has 1 fully saturated rings. The molecule has 2 N–H and O–H groups in total. The zero-order valence-electron chi connectivity index (χ0n) is 9.73. The third kappa shape index (κ3) is 3.23. The van der Waals surface area contributed by atoms with Crippen molar-refractivity contribution in [3.63, 3.8) is 0 Å². The summed E-state index contributed by atoms with van der Waals surface area (Å²) in [6.07, 6.45) is 1.60. The molecule has 1 aliphatic rings. The number of hydrogen-bond acceptors (Lipinski definition) is 2. The van der Waals surface area contributed by atoms with E-state index in [9.17, 15) is 9.59 Å². The maximum absolute atomic E-state index is 11.7. The van der Waals surface area contributed by atoms with Crippen molar-refractivity contribution in [3.8, 4) is 0 Å². The number of carbonyl (C=O) groups is 2. The van der Waals surface area contributed by atoms with E-state index in [0.29, 0.717) is 10.6 Å². The first-order valence-electron chi connectivity index (χ1n) is 5.84. The predicted molar refractivity (Wildman–Crippen MR) is 67.3 cm³/mol. The van der Waals surface area contributed by atoms with Crippen LogP contribution in [0.15, 0.2) is 24.3 Å². The molecule has 0 heterocycles. The summed E-state index contributed by atoms with van der Waals surface area (Å²) in [4.78, 5) is 22.6. The van der Waals surface area contributed by atoms with Crippen molar-refractivity contribution in [1.82, 2.24) is 5.32 Å². The molecule has 1 unspecified atom stereocenters. The Bertz CT molecular complexity index is 471. The minimum Gasteiger partial charge on any atom is -0.481 e. The monoisotopic (exact) mass is 267 g/mol. The van der Waals surface area contributed by atoms with Gasteiger partial charge in [0, 0.05) is 10.9 Å². The van der Waals surface area contributed by atoms with Crippen molar-refractivity contribution >= 4 is 23.5 Å². The lowest BCUT2D eigenvalue weighted by Crippen LogP contribution is -2.31. The van der Waals surface area contributed by atoms with Gasteiger partial charge in [0.1, 0.15) is 0 Å². The Labute approximate surface area is 110 Å². The summed E-state index contributed by atoms with van der Waals surface area (Å²) in [5.74, 6) is -0.999. The highest BCUT2D eigenvalue weighted by Crippen LogP contribution is 2.31. The number of halogens is 1. The summed E-state index contributed by atoms with van der Waals surface area (Å²) in [5, 5.41) is 12.1. The van der Waals surface area contributed by atoms with E-state index in [-0.39, 0.29) is 18.2 Å². The van der Waals surface area contributed by atoms with Crippen molar-refractivity contribution in [1.29, 1.82) is 0 Å². The smallest absolute Gasteiger partial charge is 0.305 e. The molecule has 0 spiro atoms. The molecule has 1 aliphatic carbocycles. The standard InChI is InChI=1S/C13H14ClNO3/c14-10-4-2-1-3-9(10)11(7-12(16)17)15-13(18)8-5-6-8/h1-4,8,11H,5-7H2,(H,15,18)(H,16,17). The molecule has 1 amide bonds. The number of carboxylic acid groups (broad SMARTS) is 1. The van der Waals surface area contributed by atoms with E-state index in [0.717, 1.165) is 12.8 Å². The number of nitrogens with one attached hydrogen (secondary N) is 1. The Balaban J connectivity index is 2.15. The summed E-state index contributed by atoms with van der Waals surface area (Å²) in [5.41, 5.74) is 0.649. The van der Waals surface area contributed by atoms with E-state index in [4.69, 9.17) is 16.7 Å². The molecule has 0 aliphatic heterocycles. The molecule has 1 aromatic carbocycles. The van der Waals surface area contributed by atoms with Crippen LogP contribution in [0.3, 0.4) is 0 Å². The van der Waals surface area contributed by atoms with Crippen molar-refractivity contribution in [2.75, 3.05) is 0 Å². The maximum Gasteiger partial charge on any atom is 0.305 e. The lowest BCUT2D eigenvalue weighted by molar-refractivity contribution is -0.137. The second-order valence-corrected chi connectivity index (χ2v) is 4.86. The molecule has 5 heteroatoms. The normalized spacial score (nSPS) is 16.1. The molecule has 96 valence electrons. The Morgan fingerprint density at radius 3 is 2.61 bits per heavy atom. The second-order valence-electron chi connectivity index (χ2n) is 4.45. The van der Waals surface area contributed by atoms with E-state index < -0.39 is 12.0 Å². The van der Waals surface area contributed by atoms with Crippen LogP contribution in [-0.4, -0.2) is 17.0 Å². The fourth-order valence-electron chi connectivity index (χ4n) is 1.81. The summed E-state index contributed by atoms with van der Waals surface area (Å²) < 4.78 is 0. The molecular weight excluding hydrogens is 254 g/mol. The first-order chi connectivity index (χ1) is 8.58. The van der Waals surface area contributed by atoms with Crippen LogP contribution in [0.1, 0.15) is 30.9 Å². The van der Waals surface area contributed by atoms with Gasteiger partial charge in [-0.15, -0.1) is 0 Å². The Kier molecular flexibility index (Phi) is 3.87. The minimum atomic E-state index is -0.962. The average molecular weight is 268 g/mol. The van der Waals surface area contributed by atoms with E-state index in [2.05, 4.69) is 5.32 Å². The maximum atomic E-state index is 11.7. The first-order valence-corrected chi connectivity index (χ1v) is 6.22. The van der Waals surface area contributed by atoms with E-state index in [1.165, 1.54) is 0 Å². The molecule has 4 nitrogen and oxygen atoms in total. The van der Waals surface area contributed by atoms with Gasteiger partial charge in [0.15, 0.2) is 0 Å². The molecule has 18 heavy (non-hydrogen) atoms. The van der Waals surface area contributed by atoms with Crippen molar-refractivity contribution < 1.29 is 14.7 Å². The fourth-order valence-corrected chi connectivity index (χ4v) is 2.07. The van der Waals surface area contributed by atoms with Crippen LogP contribution in [0.5, 0.6) is 0 Å². The quantitative estimate of drug-likeness (QED) is 0.861. The third-order valence-electron chi connectivity index (χ3n) is 2.92. The van der Waals surface area contributed by atoms with Crippen molar-refractivity contribution in [2.45, 2.75) is 25.3 Å². The van der Waals surface area contributed by atoms with Gasteiger partial charge >= 0.3 is 5.97 Å². The second kappa shape index (κ2) is 5.40. The molecule has 1 atom stereocenters. The molecule has 1 saturated carbocycles. The van der Waals surface area contributed by atoms with E-state index in [1.807, 2.05) is 0 Å². The van der Waals surface area contributed by atoms with Gasteiger partial charge in [0.2, 0.25) is 5.91 Å². The highest BCUT2D eigenvalue weighted by Gasteiger charge is 2.32. The number of rotatable bonds is 5. The topological polar surface area (TPSA) is 66.4 Å². The number of benzene rings is 1. The first kappa shape index (κ1) is 12.9. The predicted octanol–water partition coefficient (Wildman–Crippen LogP) is 2.38. The molecule has 0 bridgehead atoms. The molecule has 2 rings (SSSR count). The lowest BCUT2D eigenvalue weighted by Gasteiger charge is -2.18. The summed E-state index contributed by atoms with van der Waals surface area (Å²) in [6, 6.07) is 6.41. The zero-order chi connectivity index (χ0) is 13.1. The van der Waals surface area contributed by atoms with Crippen molar-refractivity contribution in [2.24, 2.45) is 5.92 Å². The largest absolute Gasteiger partial charge is 0.481 e. The molecule has 0 aromatic heterocycles. The summed E-state index contributed by atoms with van der Waals surface area (Å²) in [6.45, 7) is 0. The number of carboxylic acids is 1. The van der Waals surface area contributed by atoms with Crippen LogP contribution in [0.2, 0.25) is 5.02 Å². The minimum absolute atomic E-state index is 0.0452. The summed E-state index contributed by atoms with van der Waals surface area (Å²) in [7, 11) is 0. The molecule has 0 saturated heterocycles. The van der Waals surface area contributed by atoms with E-state index >= 15 is 0 Å². The van der Waals surface area contributed by atoms with Gasteiger partial charge in [-0.05, 0) is 24.5 Å². The fraction of sp³-hybridized carbons (Fsp3) is 0.385. The number of amides is 1. The van der Waals surface area contributed by atoms with Crippen LogP contribution in [0, 0.1) is 5.92 Å². The van der Waals surface area contributed by atoms with Crippen molar-refractivity contribution in [3.05, 3.63) is 34.9 Å². The SMILES string of the molecule is O=C(O)CC(NC(=O)C1CC1)c1ccccc1Cl. The van der Waals surface area contributed by atoms with Gasteiger partial charge in [-0.3, -0.25) is 9.59 Å². The Morgan fingerprint density at radius 1 is 1.39 bits per heavy atom. The van der Waals surface area contributed by atoms with Gasteiger partial charge in [-0.25, -0.2) is 0 Å². The van der Waals surface area contributed by atoms with Gasteiger partial charge in [-0.1, -0.05) is 29.8 Å². The molecular formula is C13H14ClNO3.